The maximum Gasteiger partial charge on any atom is 0.225 e. The number of likely N-dealkylation sites (tertiary alicyclic amines) is 1. The molecule has 3 rings (SSSR count). The van der Waals surface area contributed by atoms with Crippen LogP contribution in [0.4, 0.5) is 0 Å². The number of carbonyl (C=O) groups is 2. The first-order valence-corrected chi connectivity index (χ1v) is 7.52. The van der Waals surface area contributed by atoms with E-state index in [2.05, 4.69) is 10.6 Å². The minimum absolute atomic E-state index is 0.0701. The molecule has 0 spiro atoms. The number of nitrogens with one attached hydrogen (secondary N) is 2. The van der Waals surface area contributed by atoms with E-state index in [1.54, 1.807) is 0 Å². The molecule has 0 radical (unpaired) electrons. The van der Waals surface area contributed by atoms with Gasteiger partial charge in [0.15, 0.2) is 0 Å². The zero-order valence-electron chi connectivity index (χ0n) is 11.4. The van der Waals surface area contributed by atoms with Crippen LogP contribution in [-0.2, 0) is 9.59 Å². The smallest absolute Gasteiger partial charge is 0.225 e. The molecule has 2 amide bonds. The predicted octanol–water partition coefficient (Wildman–Crippen LogP) is 0.113. The Kier molecular flexibility index (Phi) is 3.73. The molecule has 1 unspecified atom stereocenters. The summed E-state index contributed by atoms with van der Waals surface area (Å²) < 4.78 is 0. The minimum Gasteiger partial charge on any atom is -0.355 e. The quantitative estimate of drug-likeness (QED) is 0.758. The Morgan fingerprint density at radius 1 is 1.32 bits per heavy atom. The topological polar surface area (TPSA) is 61.4 Å². The van der Waals surface area contributed by atoms with Gasteiger partial charge in [-0.25, -0.2) is 0 Å². The lowest BCUT2D eigenvalue weighted by molar-refractivity contribution is -0.130. The van der Waals surface area contributed by atoms with E-state index in [1.807, 2.05) is 4.90 Å². The molecule has 2 aliphatic heterocycles. The van der Waals surface area contributed by atoms with E-state index in [-0.39, 0.29) is 17.7 Å². The van der Waals surface area contributed by atoms with Crippen molar-refractivity contribution >= 4 is 11.8 Å². The molecule has 1 atom stereocenters. The maximum absolute atomic E-state index is 12.1. The predicted molar refractivity (Wildman–Crippen MR) is 71.4 cm³/mol. The molecule has 3 fully saturated rings. The van der Waals surface area contributed by atoms with Gasteiger partial charge in [0.1, 0.15) is 0 Å². The fraction of sp³-hybridized carbons (Fsp3) is 0.857. The van der Waals surface area contributed by atoms with Gasteiger partial charge in [0.25, 0.3) is 0 Å². The first kappa shape index (κ1) is 12.9. The third-order valence-corrected chi connectivity index (χ3v) is 4.73. The number of amides is 2. The van der Waals surface area contributed by atoms with E-state index in [0.717, 1.165) is 32.5 Å². The van der Waals surface area contributed by atoms with Crippen molar-refractivity contribution in [3.63, 3.8) is 0 Å². The molecular weight excluding hydrogens is 242 g/mol. The van der Waals surface area contributed by atoms with Crippen molar-refractivity contribution < 1.29 is 9.59 Å². The van der Waals surface area contributed by atoms with Gasteiger partial charge in [0.2, 0.25) is 11.8 Å². The highest BCUT2D eigenvalue weighted by molar-refractivity contribution is 5.89. The third kappa shape index (κ3) is 2.76. The lowest BCUT2D eigenvalue weighted by Crippen LogP contribution is -2.49. The van der Waals surface area contributed by atoms with Gasteiger partial charge < -0.3 is 15.5 Å². The molecule has 2 N–H and O–H groups in total. The second-order valence-corrected chi connectivity index (χ2v) is 6.15. The van der Waals surface area contributed by atoms with Gasteiger partial charge >= 0.3 is 0 Å². The first-order chi connectivity index (χ1) is 9.24. The van der Waals surface area contributed by atoms with Crippen molar-refractivity contribution in [1.29, 1.82) is 0 Å². The highest BCUT2D eigenvalue weighted by Gasteiger charge is 2.38. The van der Waals surface area contributed by atoms with Crippen LogP contribution in [-0.4, -0.2) is 48.9 Å². The molecule has 19 heavy (non-hydrogen) atoms. The summed E-state index contributed by atoms with van der Waals surface area (Å²) in [7, 11) is 0. The number of carbonyl (C=O) groups excluding carboxylic acids is 2. The van der Waals surface area contributed by atoms with Gasteiger partial charge in [-0.15, -0.1) is 0 Å². The van der Waals surface area contributed by atoms with Crippen LogP contribution < -0.4 is 10.6 Å². The van der Waals surface area contributed by atoms with Crippen LogP contribution in [0, 0.1) is 11.8 Å². The highest BCUT2D eigenvalue weighted by Crippen LogP contribution is 2.29. The van der Waals surface area contributed by atoms with Crippen molar-refractivity contribution in [2.24, 2.45) is 11.8 Å². The molecule has 0 aromatic rings. The summed E-state index contributed by atoms with van der Waals surface area (Å²) >= 11 is 0. The lowest BCUT2D eigenvalue weighted by atomic mass is 10.0. The average molecular weight is 265 g/mol. The van der Waals surface area contributed by atoms with E-state index in [9.17, 15) is 9.59 Å². The molecule has 1 saturated carbocycles. The standard InChI is InChI=1S/C14H23N3O2/c18-13-5-11(9-17(13)12-3-1-2-4-12)14(19)16-8-10-6-15-7-10/h10-12,15H,1-9H2,(H,16,19). The lowest BCUT2D eigenvalue weighted by Gasteiger charge is -2.27. The van der Waals surface area contributed by atoms with Crippen LogP contribution in [0.25, 0.3) is 0 Å². The normalized spacial score (nSPS) is 28.7. The van der Waals surface area contributed by atoms with Crippen molar-refractivity contribution in [3.8, 4) is 0 Å². The highest BCUT2D eigenvalue weighted by atomic mass is 16.2. The van der Waals surface area contributed by atoms with E-state index >= 15 is 0 Å². The molecule has 0 aromatic heterocycles. The van der Waals surface area contributed by atoms with Crippen LogP contribution in [0.5, 0.6) is 0 Å². The number of hydrogen-bond donors (Lipinski definition) is 2. The van der Waals surface area contributed by atoms with Gasteiger partial charge in [0.05, 0.1) is 5.92 Å². The van der Waals surface area contributed by atoms with E-state index in [0.29, 0.717) is 24.9 Å². The van der Waals surface area contributed by atoms with E-state index in [1.165, 1.54) is 12.8 Å². The molecule has 0 aromatic carbocycles. The van der Waals surface area contributed by atoms with Gasteiger partial charge in [-0.2, -0.15) is 0 Å². The van der Waals surface area contributed by atoms with Crippen LogP contribution in [0.1, 0.15) is 32.1 Å². The zero-order valence-corrected chi connectivity index (χ0v) is 11.4. The van der Waals surface area contributed by atoms with Crippen molar-refractivity contribution in [2.75, 3.05) is 26.2 Å². The Bertz CT molecular complexity index is 362. The Balaban J connectivity index is 1.48. The molecule has 2 saturated heterocycles. The Morgan fingerprint density at radius 2 is 2.05 bits per heavy atom. The van der Waals surface area contributed by atoms with Gasteiger partial charge in [-0.05, 0) is 12.8 Å². The SMILES string of the molecule is O=C(NCC1CNC1)C1CC(=O)N(C2CCCC2)C1. The molecular formula is C14H23N3O2. The summed E-state index contributed by atoms with van der Waals surface area (Å²) in [6, 6.07) is 0.404. The summed E-state index contributed by atoms with van der Waals surface area (Å²) in [4.78, 5) is 26.1. The van der Waals surface area contributed by atoms with Crippen LogP contribution in [0.15, 0.2) is 0 Å². The molecule has 5 heteroatoms. The number of rotatable bonds is 4. The fourth-order valence-electron chi connectivity index (χ4n) is 3.36. The Hall–Kier alpha value is -1.10. The molecule has 0 bridgehead atoms. The molecule has 1 aliphatic carbocycles. The van der Waals surface area contributed by atoms with Crippen molar-refractivity contribution in [1.82, 2.24) is 15.5 Å². The monoisotopic (exact) mass is 265 g/mol. The van der Waals surface area contributed by atoms with Crippen LogP contribution >= 0.6 is 0 Å². The van der Waals surface area contributed by atoms with Gasteiger partial charge in [-0.3, -0.25) is 9.59 Å². The van der Waals surface area contributed by atoms with E-state index < -0.39 is 0 Å². The third-order valence-electron chi connectivity index (χ3n) is 4.73. The molecule has 2 heterocycles. The molecule has 106 valence electrons. The van der Waals surface area contributed by atoms with Gasteiger partial charge in [-0.1, -0.05) is 12.8 Å². The summed E-state index contributed by atoms with van der Waals surface area (Å²) in [6.07, 6.45) is 5.09. The number of nitrogens with zero attached hydrogens (tertiary/aromatic N) is 1. The van der Waals surface area contributed by atoms with Crippen molar-refractivity contribution in [3.05, 3.63) is 0 Å². The number of hydrogen-bond acceptors (Lipinski definition) is 3. The Morgan fingerprint density at radius 3 is 2.68 bits per heavy atom. The second kappa shape index (κ2) is 5.49. The van der Waals surface area contributed by atoms with Crippen LogP contribution in [0.3, 0.4) is 0 Å². The van der Waals surface area contributed by atoms with Crippen molar-refractivity contribution in [2.45, 2.75) is 38.1 Å². The average Bonchev–Trinajstić information content (AvgIpc) is 2.95. The largest absolute Gasteiger partial charge is 0.355 e. The summed E-state index contributed by atoms with van der Waals surface area (Å²) in [5, 5.41) is 6.19. The summed E-state index contributed by atoms with van der Waals surface area (Å²) in [5.74, 6) is 0.700. The molecule has 5 nitrogen and oxygen atoms in total. The molecule has 3 aliphatic rings. The summed E-state index contributed by atoms with van der Waals surface area (Å²) in [5.41, 5.74) is 0. The van der Waals surface area contributed by atoms with Gasteiger partial charge in [0, 0.05) is 44.6 Å². The van der Waals surface area contributed by atoms with E-state index in [4.69, 9.17) is 0 Å². The maximum atomic E-state index is 12.1. The van der Waals surface area contributed by atoms with Crippen LogP contribution in [0.2, 0.25) is 0 Å². The summed E-state index contributed by atoms with van der Waals surface area (Å²) in [6.45, 7) is 3.38. The Labute approximate surface area is 114 Å². The first-order valence-electron chi connectivity index (χ1n) is 7.52. The fourth-order valence-corrected chi connectivity index (χ4v) is 3.36. The second-order valence-electron chi connectivity index (χ2n) is 6.15. The zero-order chi connectivity index (χ0) is 13.2. The minimum atomic E-state index is -0.124.